The number of hydrogen-bond donors (Lipinski definition) is 1. The van der Waals surface area contributed by atoms with E-state index in [0.717, 1.165) is 17.8 Å². The van der Waals surface area contributed by atoms with Gasteiger partial charge in [0.2, 0.25) is 0 Å². The van der Waals surface area contributed by atoms with Crippen LogP contribution in [0.3, 0.4) is 0 Å². The third-order valence-electron chi connectivity index (χ3n) is 6.52. The first-order chi connectivity index (χ1) is 10.0. The molecule has 0 radical (unpaired) electrons. The maximum absolute atomic E-state index is 4.47. The van der Waals surface area contributed by atoms with Crippen LogP contribution in [0.4, 0.5) is 5.69 Å². The highest BCUT2D eigenvalue weighted by molar-refractivity contribution is 5.40. The summed E-state index contributed by atoms with van der Waals surface area (Å²) in [6, 6.07) is 1.02. The molecule has 3 nitrogen and oxygen atoms in total. The number of rotatable bonds is 4. The van der Waals surface area contributed by atoms with Crippen LogP contribution >= 0.6 is 0 Å². The van der Waals surface area contributed by atoms with E-state index >= 15 is 0 Å². The van der Waals surface area contributed by atoms with Crippen molar-refractivity contribution in [3.05, 3.63) is 12.4 Å². The summed E-state index contributed by atoms with van der Waals surface area (Å²) in [6.07, 6.45) is 13.1. The van der Waals surface area contributed by atoms with Gasteiger partial charge in [0.15, 0.2) is 0 Å². The lowest BCUT2D eigenvalue weighted by Gasteiger charge is -2.59. The molecule has 1 unspecified atom stereocenters. The molecule has 4 saturated carbocycles. The molecule has 4 fully saturated rings. The lowest BCUT2D eigenvalue weighted by Crippen LogP contribution is -2.52. The van der Waals surface area contributed by atoms with E-state index in [2.05, 4.69) is 42.1 Å². The quantitative estimate of drug-likeness (QED) is 0.884. The van der Waals surface area contributed by atoms with Gasteiger partial charge in [-0.1, -0.05) is 0 Å². The predicted molar refractivity (Wildman–Crippen MR) is 86.3 cm³/mol. The van der Waals surface area contributed by atoms with E-state index in [1.165, 1.54) is 44.2 Å². The zero-order valence-corrected chi connectivity index (χ0v) is 13.7. The highest BCUT2D eigenvalue weighted by Crippen LogP contribution is 2.61. The highest BCUT2D eigenvalue weighted by atomic mass is 15.3. The molecule has 1 aromatic heterocycles. The summed E-state index contributed by atoms with van der Waals surface area (Å²) in [7, 11) is 0. The molecule has 21 heavy (non-hydrogen) atoms. The molecular weight excluding hydrogens is 258 g/mol. The average molecular weight is 287 g/mol. The summed E-state index contributed by atoms with van der Waals surface area (Å²) in [5.74, 6) is 3.08. The first-order valence-corrected chi connectivity index (χ1v) is 8.85. The van der Waals surface area contributed by atoms with E-state index in [0.29, 0.717) is 17.5 Å². The number of nitrogens with one attached hydrogen (secondary N) is 1. The van der Waals surface area contributed by atoms with Gasteiger partial charge in [-0.3, -0.25) is 4.68 Å². The van der Waals surface area contributed by atoms with Gasteiger partial charge in [-0.05, 0) is 82.5 Å². The summed E-state index contributed by atoms with van der Waals surface area (Å²) in [5.41, 5.74) is 1.77. The fourth-order valence-corrected chi connectivity index (χ4v) is 5.81. The van der Waals surface area contributed by atoms with Crippen molar-refractivity contribution in [1.82, 2.24) is 9.78 Å². The van der Waals surface area contributed by atoms with Gasteiger partial charge in [0.25, 0.3) is 0 Å². The van der Waals surface area contributed by atoms with Crippen molar-refractivity contribution in [3.63, 3.8) is 0 Å². The van der Waals surface area contributed by atoms with Crippen LogP contribution in [-0.4, -0.2) is 15.8 Å². The minimum absolute atomic E-state index is 0.440. The molecule has 0 spiro atoms. The molecule has 0 aromatic carbocycles. The molecule has 116 valence electrons. The summed E-state index contributed by atoms with van der Waals surface area (Å²) in [4.78, 5) is 0. The first-order valence-electron chi connectivity index (χ1n) is 8.85. The summed E-state index contributed by atoms with van der Waals surface area (Å²) >= 11 is 0. The van der Waals surface area contributed by atoms with Crippen molar-refractivity contribution >= 4 is 5.69 Å². The van der Waals surface area contributed by atoms with Gasteiger partial charge >= 0.3 is 0 Å². The summed E-state index contributed by atoms with van der Waals surface area (Å²) < 4.78 is 2.05. The molecule has 0 aliphatic heterocycles. The van der Waals surface area contributed by atoms with Crippen molar-refractivity contribution in [2.45, 2.75) is 71.4 Å². The summed E-state index contributed by atoms with van der Waals surface area (Å²) in [6.45, 7) is 6.78. The number of anilines is 1. The Morgan fingerprint density at radius 3 is 2.14 bits per heavy atom. The van der Waals surface area contributed by atoms with Crippen LogP contribution in [0.25, 0.3) is 0 Å². The maximum atomic E-state index is 4.47. The molecule has 4 bridgehead atoms. The van der Waals surface area contributed by atoms with E-state index < -0.39 is 0 Å². The van der Waals surface area contributed by atoms with Crippen LogP contribution in [0.1, 0.15) is 65.3 Å². The van der Waals surface area contributed by atoms with Crippen molar-refractivity contribution in [2.24, 2.45) is 23.2 Å². The van der Waals surface area contributed by atoms with Crippen LogP contribution in [-0.2, 0) is 0 Å². The monoisotopic (exact) mass is 287 g/mol. The highest BCUT2D eigenvalue weighted by Gasteiger charge is 2.53. The Hall–Kier alpha value is -0.990. The van der Waals surface area contributed by atoms with Gasteiger partial charge in [0.05, 0.1) is 11.9 Å². The van der Waals surface area contributed by atoms with Crippen LogP contribution in [0.15, 0.2) is 12.4 Å². The first kappa shape index (κ1) is 13.7. The van der Waals surface area contributed by atoms with Gasteiger partial charge in [-0.2, -0.15) is 5.10 Å². The molecule has 3 heteroatoms. The van der Waals surface area contributed by atoms with E-state index in [4.69, 9.17) is 0 Å². The van der Waals surface area contributed by atoms with Gasteiger partial charge in [-0.15, -0.1) is 0 Å². The smallest absolute Gasteiger partial charge is 0.0728 e. The number of hydrogen-bond acceptors (Lipinski definition) is 2. The Morgan fingerprint density at radius 2 is 1.67 bits per heavy atom. The van der Waals surface area contributed by atoms with Crippen LogP contribution in [0.5, 0.6) is 0 Å². The third kappa shape index (κ3) is 2.29. The van der Waals surface area contributed by atoms with Crippen molar-refractivity contribution in [3.8, 4) is 0 Å². The molecular formula is C18H29N3. The Labute approximate surface area is 128 Å². The zero-order chi connectivity index (χ0) is 14.6. The van der Waals surface area contributed by atoms with E-state index in [-0.39, 0.29) is 0 Å². The van der Waals surface area contributed by atoms with Crippen LogP contribution < -0.4 is 5.32 Å². The largest absolute Gasteiger partial charge is 0.379 e. The van der Waals surface area contributed by atoms with Gasteiger partial charge < -0.3 is 5.32 Å². The lowest BCUT2D eigenvalue weighted by molar-refractivity contribution is -0.0602. The zero-order valence-electron chi connectivity index (χ0n) is 13.7. The van der Waals surface area contributed by atoms with Crippen molar-refractivity contribution in [2.75, 3.05) is 5.32 Å². The molecule has 1 atom stereocenters. The van der Waals surface area contributed by atoms with Gasteiger partial charge in [-0.25, -0.2) is 0 Å². The Morgan fingerprint density at radius 1 is 1.10 bits per heavy atom. The normalized spacial score (nSPS) is 39.0. The Balaban J connectivity index is 1.50. The Kier molecular flexibility index (Phi) is 3.09. The molecule has 0 amide bonds. The number of aromatic nitrogens is 2. The predicted octanol–water partition coefficient (Wildman–Crippen LogP) is 4.48. The number of nitrogens with zero attached hydrogens (tertiary/aromatic N) is 2. The molecule has 1 heterocycles. The second-order valence-electron chi connectivity index (χ2n) is 8.45. The molecule has 1 aromatic rings. The fourth-order valence-electron chi connectivity index (χ4n) is 5.81. The molecule has 0 saturated heterocycles. The Bertz CT molecular complexity index is 481. The third-order valence-corrected chi connectivity index (χ3v) is 6.52. The minimum atomic E-state index is 0.440. The topological polar surface area (TPSA) is 29.9 Å². The molecule has 4 aliphatic rings. The van der Waals surface area contributed by atoms with Crippen molar-refractivity contribution in [1.29, 1.82) is 0 Å². The van der Waals surface area contributed by atoms with E-state index in [1.54, 1.807) is 0 Å². The average Bonchev–Trinajstić information content (AvgIpc) is 2.85. The van der Waals surface area contributed by atoms with Gasteiger partial charge in [0, 0.05) is 18.3 Å². The summed E-state index contributed by atoms with van der Waals surface area (Å²) in [5, 5.41) is 8.26. The van der Waals surface area contributed by atoms with E-state index in [1.807, 2.05) is 6.20 Å². The SMILES string of the molecule is CC(C)n1cc(NC(C)C23CC4CC(CC(C4)C2)C3)cn1. The van der Waals surface area contributed by atoms with Crippen LogP contribution in [0, 0.1) is 23.2 Å². The molecule has 1 N–H and O–H groups in total. The second kappa shape index (κ2) is 4.76. The van der Waals surface area contributed by atoms with E-state index in [9.17, 15) is 0 Å². The molecule has 4 aliphatic carbocycles. The standard InChI is InChI=1S/C18H29N3/c1-12(2)21-11-17(10-19-21)20-13(3)18-7-14-4-15(8-18)6-16(5-14)9-18/h10-16,20H,4-9H2,1-3H3. The van der Waals surface area contributed by atoms with Crippen molar-refractivity contribution < 1.29 is 0 Å². The van der Waals surface area contributed by atoms with Crippen LogP contribution in [0.2, 0.25) is 0 Å². The fraction of sp³-hybridized carbons (Fsp3) is 0.833. The lowest BCUT2D eigenvalue weighted by atomic mass is 9.48. The maximum Gasteiger partial charge on any atom is 0.0728 e. The molecule has 5 rings (SSSR count). The second-order valence-corrected chi connectivity index (χ2v) is 8.45. The van der Waals surface area contributed by atoms with Gasteiger partial charge in [0.1, 0.15) is 0 Å². The minimum Gasteiger partial charge on any atom is -0.379 e.